The van der Waals surface area contributed by atoms with Crippen LogP contribution in [0.25, 0.3) is 11.4 Å². The highest BCUT2D eigenvalue weighted by atomic mass is 32.2. The minimum atomic E-state index is -0.409. The topological polar surface area (TPSA) is 88.9 Å². The first kappa shape index (κ1) is 23.2. The maximum atomic E-state index is 13.1. The molecule has 0 bridgehead atoms. The first-order valence-electron chi connectivity index (χ1n) is 10.6. The molecule has 34 heavy (non-hydrogen) atoms. The van der Waals surface area contributed by atoms with E-state index in [1.165, 1.54) is 36.0 Å². The lowest BCUT2D eigenvalue weighted by Gasteiger charge is -2.12. The van der Waals surface area contributed by atoms with Crippen LogP contribution in [0.1, 0.15) is 17.3 Å². The number of anilines is 2. The largest absolute Gasteiger partial charge is 0.325 e. The quantitative estimate of drug-likeness (QED) is 0.347. The molecule has 1 aromatic heterocycles. The standard InChI is InChI=1S/C25H22FN5O2S/c1-2-31-23(17-8-4-3-5-9-17)29-30-25(31)34-16-22(32)28-21-11-7-6-10-20(21)24(33)27-19-14-12-18(26)13-15-19/h3-15H,2,16H2,1H3,(H,27,33)(H,28,32). The van der Waals surface area contributed by atoms with Crippen LogP contribution in [0.2, 0.25) is 0 Å². The van der Waals surface area contributed by atoms with Gasteiger partial charge in [0, 0.05) is 17.8 Å². The molecule has 9 heteroatoms. The van der Waals surface area contributed by atoms with E-state index in [2.05, 4.69) is 20.8 Å². The number of benzene rings is 3. The Bertz CT molecular complexity index is 1290. The Kier molecular flexibility index (Phi) is 7.34. The molecule has 0 saturated heterocycles. The second-order valence-corrected chi connectivity index (χ2v) is 8.20. The van der Waals surface area contributed by atoms with Gasteiger partial charge in [0.25, 0.3) is 5.91 Å². The molecule has 2 N–H and O–H groups in total. The van der Waals surface area contributed by atoms with Gasteiger partial charge in [0.1, 0.15) is 5.82 Å². The van der Waals surface area contributed by atoms with Crippen LogP contribution in [0, 0.1) is 5.82 Å². The Hall–Kier alpha value is -3.98. The van der Waals surface area contributed by atoms with E-state index < -0.39 is 11.7 Å². The van der Waals surface area contributed by atoms with Crippen molar-refractivity contribution in [3.8, 4) is 11.4 Å². The van der Waals surface area contributed by atoms with Crippen molar-refractivity contribution in [2.75, 3.05) is 16.4 Å². The predicted molar refractivity (Wildman–Crippen MR) is 131 cm³/mol. The zero-order valence-corrected chi connectivity index (χ0v) is 19.2. The Morgan fingerprint density at radius 1 is 0.912 bits per heavy atom. The van der Waals surface area contributed by atoms with Gasteiger partial charge in [0.2, 0.25) is 5.91 Å². The molecule has 4 aromatic rings. The summed E-state index contributed by atoms with van der Waals surface area (Å²) < 4.78 is 15.1. The van der Waals surface area contributed by atoms with Gasteiger partial charge in [-0.05, 0) is 43.3 Å². The molecule has 0 radical (unpaired) electrons. The summed E-state index contributed by atoms with van der Waals surface area (Å²) >= 11 is 1.27. The van der Waals surface area contributed by atoms with Gasteiger partial charge in [-0.2, -0.15) is 0 Å². The van der Waals surface area contributed by atoms with E-state index in [9.17, 15) is 14.0 Å². The molecular weight excluding hydrogens is 453 g/mol. The fourth-order valence-electron chi connectivity index (χ4n) is 3.32. The van der Waals surface area contributed by atoms with Gasteiger partial charge in [0.05, 0.1) is 17.0 Å². The first-order chi connectivity index (χ1) is 16.5. The molecule has 0 unspecified atom stereocenters. The van der Waals surface area contributed by atoms with Crippen LogP contribution >= 0.6 is 11.8 Å². The number of hydrogen-bond acceptors (Lipinski definition) is 5. The van der Waals surface area contributed by atoms with Crippen molar-refractivity contribution >= 4 is 35.0 Å². The van der Waals surface area contributed by atoms with Crippen molar-refractivity contribution in [2.45, 2.75) is 18.6 Å². The number of carbonyl (C=O) groups is 2. The summed E-state index contributed by atoms with van der Waals surface area (Å²) in [5.74, 6) is -0.236. The van der Waals surface area contributed by atoms with Crippen molar-refractivity contribution in [3.05, 3.63) is 90.2 Å². The molecule has 3 aromatic carbocycles. The van der Waals surface area contributed by atoms with Gasteiger partial charge in [-0.3, -0.25) is 9.59 Å². The van der Waals surface area contributed by atoms with Crippen molar-refractivity contribution < 1.29 is 14.0 Å². The number of nitrogens with one attached hydrogen (secondary N) is 2. The third-order valence-electron chi connectivity index (χ3n) is 4.95. The van der Waals surface area contributed by atoms with Gasteiger partial charge >= 0.3 is 0 Å². The summed E-state index contributed by atoms with van der Waals surface area (Å²) in [5.41, 5.74) is 2.09. The highest BCUT2D eigenvalue weighted by molar-refractivity contribution is 7.99. The number of amides is 2. The fraction of sp³-hybridized carbons (Fsp3) is 0.120. The first-order valence-corrected chi connectivity index (χ1v) is 11.6. The summed E-state index contributed by atoms with van der Waals surface area (Å²) in [6.45, 7) is 2.66. The van der Waals surface area contributed by atoms with Crippen molar-refractivity contribution in [1.82, 2.24) is 14.8 Å². The normalized spacial score (nSPS) is 10.6. The Labute approximate surface area is 200 Å². The van der Waals surface area contributed by atoms with Crippen LogP contribution in [-0.2, 0) is 11.3 Å². The second kappa shape index (κ2) is 10.8. The van der Waals surface area contributed by atoms with E-state index in [0.29, 0.717) is 28.6 Å². The third kappa shape index (κ3) is 5.49. The van der Waals surface area contributed by atoms with Crippen LogP contribution in [0.3, 0.4) is 0 Å². The second-order valence-electron chi connectivity index (χ2n) is 7.26. The molecule has 172 valence electrons. The van der Waals surface area contributed by atoms with Crippen LogP contribution < -0.4 is 10.6 Å². The smallest absolute Gasteiger partial charge is 0.257 e. The SMILES string of the molecule is CCn1c(SCC(=O)Nc2ccccc2C(=O)Nc2ccc(F)cc2)nnc1-c1ccccc1. The molecule has 7 nitrogen and oxygen atoms in total. The summed E-state index contributed by atoms with van der Waals surface area (Å²) in [6, 6.07) is 21.9. The molecular formula is C25H22FN5O2S. The van der Waals surface area contributed by atoms with E-state index in [0.717, 1.165) is 11.4 Å². The van der Waals surface area contributed by atoms with Crippen LogP contribution in [0.15, 0.2) is 84.0 Å². The van der Waals surface area contributed by atoms with Gasteiger partial charge in [-0.25, -0.2) is 4.39 Å². The van der Waals surface area contributed by atoms with E-state index in [1.54, 1.807) is 24.3 Å². The van der Waals surface area contributed by atoms with E-state index in [-0.39, 0.29) is 11.7 Å². The van der Waals surface area contributed by atoms with Gasteiger partial charge in [0.15, 0.2) is 11.0 Å². The number of carbonyl (C=O) groups excluding carboxylic acids is 2. The van der Waals surface area contributed by atoms with Crippen LogP contribution in [0.5, 0.6) is 0 Å². The number of halogens is 1. The molecule has 0 atom stereocenters. The fourth-order valence-corrected chi connectivity index (χ4v) is 4.12. The summed E-state index contributed by atoms with van der Waals surface area (Å²) in [4.78, 5) is 25.4. The minimum Gasteiger partial charge on any atom is -0.325 e. The molecule has 0 saturated carbocycles. The number of aromatic nitrogens is 3. The van der Waals surface area contributed by atoms with Gasteiger partial charge in [-0.1, -0.05) is 54.2 Å². The Morgan fingerprint density at radius 3 is 2.35 bits per heavy atom. The molecule has 0 fully saturated rings. The average Bonchev–Trinajstić information content (AvgIpc) is 3.28. The highest BCUT2D eigenvalue weighted by Gasteiger charge is 2.17. The number of rotatable bonds is 8. The van der Waals surface area contributed by atoms with Gasteiger partial charge < -0.3 is 15.2 Å². The molecule has 0 aliphatic carbocycles. The molecule has 0 spiro atoms. The molecule has 2 amide bonds. The van der Waals surface area contributed by atoms with Crippen molar-refractivity contribution in [2.24, 2.45) is 0 Å². The van der Waals surface area contributed by atoms with Crippen molar-refractivity contribution in [3.63, 3.8) is 0 Å². The number of nitrogens with zero attached hydrogens (tertiary/aromatic N) is 3. The Morgan fingerprint density at radius 2 is 1.62 bits per heavy atom. The number of hydrogen-bond donors (Lipinski definition) is 2. The zero-order chi connectivity index (χ0) is 23.9. The summed E-state index contributed by atoms with van der Waals surface area (Å²) in [7, 11) is 0. The lowest BCUT2D eigenvalue weighted by atomic mass is 10.1. The summed E-state index contributed by atoms with van der Waals surface area (Å²) in [6.07, 6.45) is 0. The molecule has 0 aliphatic rings. The Balaban J connectivity index is 1.42. The molecule has 1 heterocycles. The highest BCUT2D eigenvalue weighted by Crippen LogP contribution is 2.24. The van der Waals surface area contributed by atoms with Crippen molar-refractivity contribution in [1.29, 1.82) is 0 Å². The lowest BCUT2D eigenvalue weighted by molar-refractivity contribution is -0.113. The van der Waals surface area contributed by atoms with Gasteiger partial charge in [-0.15, -0.1) is 10.2 Å². The van der Waals surface area contributed by atoms with E-state index in [1.807, 2.05) is 41.8 Å². The minimum absolute atomic E-state index is 0.0981. The third-order valence-corrected chi connectivity index (χ3v) is 5.91. The van der Waals surface area contributed by atoms with Crippen LogP contribution in [0.4, 0.5) is 15.8 Å². The zero-order valence-electron chi connectivity index (χ0n) is 18.4. The molecule has 4 rings (SSSR count). The lowest BCUT2D eigenvalue weighted by Crippen LogP contribution is -2.19. The van der Waals surface area contributed by atoms with Crippen LogP contribution in [-0.4, -0.2) is 32.3 Å². The van der Waals surface area contributed by atoms with E-state index in [4.69, 9.17) is 0 Å². The number of thioether (sulfide) groups is 1. The summed E-state index contributed by atoms with van der Waals surface area (Å²) in [5, 5.41) is 14.7. The monoisotopic (exact) mass is 475 g/mol. The molecule has 0 aliphatic heterocycles. The number of para-hydroxylation sites is 1. The van der Waals surface area contributed by atoms with E-state index >= 15 is 0 Å². The maximum Gasteiger partial charge on any atom is 0.257 e. The predicted octanol–water partition coefficient (Wildman–Crippen LogP) is 5.09. The maximum absolute atomic E-state index is 13.1. The average molecular weight is 476 g/mol.